The summed E-state index contributed by atoms with van der Waals surface area (Å²) >= 11 is 5.44. The van der Waals surface area contributed by atoms with Crippen molar-refractivity contribution in [1.82, 2.24) is 9.97 Å². The minimum absolute atomic E-state index is 0.113. The van der Waals surface area contributed by atoms with Crippen molar-refractivity contribution >= 4 is 17.5 Å². The van der Waals surface area contributed by atoms with Crippen molar-refractivity contribution < 1.29 is 40.2 Å². The lowest BCUT2D eigenvalue weighted by molar-refractivity contribution is -0.909. The monoisotopic (exact) mass is 387 g/mol. The van der Waals surface area contributed by atoms with Crippen molar-refractivity contribution in [1.29, 1.82) is 0 Å². The molecule has 0 spiro atoms. The first-order valence-corrected chi connectivity index (χ1v) is 6.55. The van der Waals surface area contributed by atoms with Gasteiger partial charge in [-0.25, -0.2) is 13.8 Å². The Morgan fingerprint density at radius 3 is 2.00 bits per heavy atom. The van der Waals surface area contributed by atoms with Gasteiger partial charge in [-0.15, -0.1) is 8.78 Å². The van der Waals surface area contributed by atoms with Crippen LogP contribution in [0.25, 0.3) is 0 Å². The van der Waals surface area contributed by atoms with Gasteiger partial charge in [-0.3, -0.25) is 0 Å². The van der Waals surface area contributed by atoms with Gasteiger partial charge in [0.15, 0.2) is 0 Å². The minimum Gasteiger partial charge on any atom is -0.622 e. The zero-order valence-corrected chi connectivity index (χ0v) is 12.7. The van der Waals surface area contributed by atoms with Gasteiger partial charge in [0.2, 0.25) is 0 Å². The summed E-state index contributed by atoms with van der Waals surface area (Å²) in [5, 5.41) is 7.98. The Hall–Kier alpha value is -1.27. The molecule has 0 aromatic carbocycles. The van der Waals surface area contributed by atoms with Crippen LogP contribution in [0.3, 0.4) is 0 Å². The van der Waals surface area contributed by atoms with Crippen molar-refractivity contribution in [3.63, 3.8) is 0 Å². The van der Waals surface area contributed by atoms with Crippen molar-refractivity contribution in [2.75, 3.05) is 0 Å². The second-order valence-corrected chi connectivity index (χ2v) is 5.38. The molecule has 138 valence electrons. The first-order valence-electron chi connectivity index (χ1n) is 6.17. The third-order valence-corrected chi connectivity index (χ3v) is 3.08. The number of hydrogen-bond acceptors (Lipinski definition) is 3. The maximum Gasteiger partial charge on any atom is 0.467 e. The first kappa shape index (κ1) is 20.8. The Labute approximate surface area is 135 Å². The highest BCUT2D eigenvalue weighted by Crippen LogP contribution is 2.46. The second kappa shape index (κ2) is 6.56. The maximum atomic E-state index is 13.6. The Kier molecular flexibility index (Phi) is 5.68. The van der Waals surface area contributed by atoms with Crippen LogP contribution >= 0.6 is 11.6 Å². The van der Waals surface area contributed by atoms with E-state index < -0.39 is 46.4 Å². The van der Waals surface area contributed by atoms with Gasteiger partial charge in [0.25, 0.3) is 0 Å². The summed E-state index contributed by atoms with van der Waals surface area (Å²) in [6.45, 7) is 2.95. The lowest BCUT2D eigenvalue weighted by atomic mass is 10.1. The third kappa shape index (κ3) is 3.40. The molecule has 0 aliphatic carbocycles. The number of aromatic nitrogens is 2. The number of nitrogens with zero attached hydrogens (tertiary/aromatic N) is 2. The smallest absolute Gasteiger partial charge is 0.467 e. The highest BCUT2D eigenvalue weighted by atomic mass is 35.5. The molecule has 1 aromatic rings. The highest BCUT2D eigenvalue weighted by Gasteiger charge is 2.80. The van der Waals surface area contributed by atoms with Crippen molar-refractivity contribution in [3.05, 3.63) is 22.1 Å². The van der Waals surface area contributed by atoms with E-state index in [2.05, 4.69) is 9.97 Å². The number of alkyl halides is 8. The second-order valence-electron chi connectivity index (χ2n) is 5.00. The van der Waals surface area contributed by atoms with Crippen LogP contribution in [0.2, 0.25) is 5.15 Å². The van der Waals surface area contributed by atoms with Crippen LogP contribution in [0.4, 0.5) is 41.1 Å². The fourth-order valence-corrected chi connectivity index (χ4v) is 1.65. The summed E-state index contributed by atoms with van der Waals surface area (Å²) in [4.78, 5) is 6.23. The molecule has 0 saturated heterocycles. The van der Waals surface area contributed by atoms with E-state index in [1.165, 1.54) is 13.8 Å². The summed E-state index contributed by atoms with van der Waals surface area (Å²) in [5.41, 5.74) is -0.113. The Balaban J connectivity index is 3.38. The molecule has 0 fully saturated rings. The molecule has 0 saturated carbocycles. The van der Waals surface area contributed by atoms with Crippen LogP contribution in [-0.4, -0.2) is 34.3 Å². The molecule has 1 atom stereocenters. The summed E-state index contributed by atoms with van der Waals surface area (Å²) in [5.74, 6) is -15.2. The van der Waals surface area contributed by atoms with Crippen molar-refractivity contribution in [2.45, 2.75) is 44.1 Å². The van der Waals surface area contributed by atoms with Gasteiger partial charge in [0.05, 0.1) is 5.69 Å². The van der Waals surface area contributed by atoms with Crippen LogP contribution < -0.4 is 5.06 Å². The van der Waals surface area contributed by atoms with E-state index in [0.717, 1.165) is 6.07 Å². The van der Waals surface area contributed by atoms with E-state index in [9.17, 15) is 40.3 Å². The number of rotatable bonds is 6. The van der Waals surface area contributed by atoms with Gasteiger partial charge in [0, 0.05) is 0 Å². The molecule has 1 N–H and O–H groups in total. The minimum atomic E-state index is -6.67. The molecule has 1 rings (SSSR count). The summed E-state index contributed by atoms with van der Waals surface area (Å²) < 4.78 is 103. The quantitative estimate of drug-likeness (QED) is 0.352. The molecule has 1 unspecified atom stereocenters. The number of halogens is 9. The summed E-state index contributed by atoms with van der Waals surface area (Å²) in [7, 11) is 0. The molecule has 0 aliphatic rings. The lowest BCUT2D eigenvalue weighted by Gasteiger charge is -2.36. The maximum absolute atomic E-state index is 13.6. The Bertz CT molecular complexity index is 599. The third-order valence-electron chi connectivity index (χ3n) is 2.88. The molecule has 1 heterocycles. The van der Waals surface area contributed by atoms with Crippen LogP contribution in [0.1, 0.15) is 25.5 Å². The normalized spacial score (nSPS) is 15.2. The van der Waals surface area contributed by atoms with Crippen molar-refractivity contribution in [2.24, 2.45) is 0 Å². The van der Waals surface area contributed by atoms with E-state index in [4.69, 9.17) is 11.6 Å². The predicted octanol–water partition coefficient (Wildman–Crippen LogP) is 3.40. The van der Waals surface area contributed by atoms with E-state index in [1.54, 1.807) is 0 Å². The van der Waals surface area contributed by atoms with Gasteiger partial charge in [-0.2, -0.15) is 27.5 Å². The van der Waals surface area contributed by atoms with E-state index in [0.29, 0.717) is 0 Å². The average Bonchev–Trinajstić information content (AvgIpc) is 2.44. The standard InChI is InChI=1S/C11H10ClF8N3O/c1-4(2)5-3-6(12)22-8(21-5)23(24)11(19,20)10(17,18)9(15,16)7(13)14/h3-4,7,23H,1-2H3. The van der Waals surface area contributed by atoms with Crippen molar-refractivity contribution in [3.8, 4) is 0 Å². The molecule has 24 heavy (non-hydrogen) atoms. The van der Waals surface area contributed by atoms with Gasteiger partial charge in [-0.05, 0) is 12.0 Å². The zero-order valence-electron chi connectivity index (χ0n) is 11.9. The van der Waals surface area contributed by atoms with E-state index in [-0.39, 0.29) is 5.69 Å². The van der Waals surface area contributed by atoms with E-state index in [1.807, 2.05) is 0 Å². The molecule has 4 nitrogen and oxygen atoms in total. The van der Waals surface area contributed by atoms with Crippen LogP contribution in [0.5, 0.6) is 0 Å². The van der Waals surface area contributed by atoms with Crippen LogP contribution in [0, 0.1) is 5.21 Å². The zero-order chi connectivity index (χ0) is 19.1. The van der Waals surface area contributed by atoms with E-state index >= 15 is 0 Å². The van der Waals surface area contributed by atoms with Gasteiger partial charge in [0.1, 0.15) is 5.15 Å². The summed E-state index contributed by atoms with van der Waals surface area (Å²) in [6, 6.07) is -5.15. The molecule has 0 bridgehead atoms. The molecule has 0 radical (unpaired) electrons. The molecule has 1 aromatic heterocycles. The first-order chi connectivity index (χ1) is 10.7. The van der Waals surface area contributed by atoms with Crippen LogP contribution in [0.15, 0.2) is 6.07 Å². The largest absolute Gasteiger partial charge is 0.622 e. The molecule has 0 aliphatic heterocycles. The molecular formula is C11H10ClF8N3O. The fourth-order valence-electron chi connectivity index (χ4n) is 1.46. The fraction of sp³-hybridized carbons (Fsp3) is 0.636. The SMILES string of the molecule is CC(C)c1cc(Cl)nc([NH+]([O-])C(F)(F)C(F)(F)C(F)(F)C(F)F)n1. The van der Waals surface area contributed by atoms with Gasteiger partial charge in [-0.1, -0.05) is 25.4 Å². The molecule has 13 heteroatoms. The van der Waals surface area contributed by atoms with Gasteiger partial charge >= 0.3 is 30.3 Å². The predicted molar refractivity (Wildman–Crippen MR) is 66.0 cm³/mol. The number of quaternary nitrogens is 1. The highest BCUT2D eigenvalue weighted by molar-refractivity contribution is 6.29. The Morgan fingerprint density at radius 2 is 1.58 bits per heavy atom. The lowest BCUT2D eigenvalue weighted by Crippen LogP contribution is -3.14. The topological polar surface area (TPSA) is 53.3 Å². The molecular weight excluding hydrogens is 378 g/mol. The summed E-state index contributed by atoms with van der Waals surface area (Å²) in [6.07, 6.45) is -5.13. The Morgan fingerprint density at radius 1 is 1.08 bits per heavy atom. The van der Waals surface area contributed by atoms with Crippen LogP contribution in [-0.2, 0) is 0 Å². The number of hydroxylamine groups is 1. The molecule has 0 amide bonds. The number of hydrogen-bond donors (Lipinski definition) is 1. The number of nitrogens with one attached hydrogen (secondary N) is 1. The van der Waals surface area contributed by atoms with Gasteiger partial charge < -0.3 is 5.21 Å². The average molecular weight is 388 g/mol.